The van der Waals surface area contributed by atoms with E-state index in [2.05, 4.69) is 22.4 Å². The minimum atomic E-state index is 0.0109. The standard InChI is InChI=1S/C14H19N3OS2/c1-4-19-13-6-5-12(20-13)14(18)15-8-7-11-9(2)16-17-10(11)3/h5-6H,4,7-8H2,1-3H3,(H,15,18)(H,16,17). The Hall–Kier alpha value is -1.27. The normalized spacial score (nSPS) is 10.8. The lowest BCUT2D eigenvalue weighted by atomic mass is 10.1. The van der Waals surface area contributed by atoms with Gasteiger partial charge < -0.3 is 5.32 Å². The quantitative estimate of drug-likeness (QED) is 0.806. The van der Waals surface area contributed by atoms with Crippen molar-refractivity contribution in [2.45, 2.75) is 31.4 Å². The van der Waals surface area contributed by atoms with Crippen LogP contribution in [0.25, 0.3) is 0 Å². The summed E-state index contributed by atoms with van der Waals surface area (Å²) in [5.41, 5.74) is 3.28. The predicted octanol–water partition coefficient (Wildman–Crippen LogP) is 3.17. The maximum absolute atomic E-state index is 12.0. The SMILES string of the molecule is CCSc1ccc(C(=O)NCCc2c(C)n[nH]c2C)s1. The van der Waals surface area contributed by atoms with Crippen molar-refractivity contribution < 1.29 is 4.79 Å². The van der Waals surface area contributed by atoms with E-state index in [0.29, 0.717) is 6.54 Å². The van der Waals surface area contributed by atoms with Crippen LogP contribution >= 0.6 is 23.1 Å². The molecule has 6 heteroatoms. The number of H-pyrrole nitrogens is 1. The molecule has 0 bridgehead atoms. The van der Waals surface area contributed by atoms with Gasteiger partial charge in [-0.05, 0) is 43.7 Å². The average Bonchev–Trinajstić information content (AvgIpc) is 3.00. The summed E-state index contributed by atoms with van der Waals surface area (Å²) in [5, 5.41) is 10.1. The number of rotatable bonds is 6. The molecule has 0 saturated carbocycles. The molecule has 1 amide bonds. The molecule has 2 heterocycles. The number of nitrogens with zero attached hydrogens (tertiary/aromatic N) is 1. The molecule has 2 aromatic rings. The number of aryl methyl sites for hydroxylation is 2. The summed E-state index contributed by atoms with van der Waals surface area (Å²) in [4.78, 5) is 12.8. The smallest absolute Gasteiger partial charge is 0.261 e. The van der Waals surface area contributed by atoms with E-state index >= 15 is 0 Å². The molecule has 0 saturated heterocycles. The van der Waals surface area contributed by atoms with Crippen molar-refractivity contribution in [1.29, 1.82) is 0 Å². The lowest BCUT2D eigenvalue weighted by Gasteiger charge is -2.04. The summed E-state index contributed by atoms with van der Waals surface area (Å²) in [7, 11) is 0. The van der Waals surface area contributed by atoms with Gasteiger partial charge in [-0.2, -0.15) is 5.10 Å². The Morgan fingerprint density at radius 2 is 2.25 bits per heavy atom. The van der Waals surface area contributed by atoms with Crippen LogP contribution in [0.5, 0.6) is 0 Å². The summed E-state index contributed by atoms with van der Waals surface area (Å²) < 4.78 is 1.19. The zero-order valence-electron chi connectivity index (χ0n) is 11.9. The number of carbonyl (C=O) groups excluding carboxylic acids is 1. The van der Waals surface area contributed by atoms with Crippen molar-refractivity contribution >= 4 is 29.0 Å². The number of hydrogen-bond acceptors (Lipinski definition) is 4. The summed E-state index contributed by atoms with van der Waals surface area (Å²) in [6, 6.07) is 3.91. The molecule has 2 aromatic heterocycles. The summed E-state index contributed by atoms with van der Waals surface area (Å²) in [5.74, 6) is 1.04. The highest BCUT2D eigenvalue weighted by Crippen LogP contribution is 2.26. The molecule has 0 aliphatic heterocycles. The van der Waals surface area contributed by atoms with Crippen LogP contribution < -0.4 is 5.32 Å². The van der Waals surface area contributed by atoms with Crippen molar-refractivity contribution in [1.82, 2.24) is 15.5 Å². The van der Waals surface area contributed by atoms with Crippen molar-refractivity contribution in [3.8, 4) is 0 Å². The first-order valence-electron chi connectivity index (χ1n) is 6.63. The van der Waals surface area contributed by atoms with Gasteiger partial charge >= 0.3 is 0 Å². The van der Waals surface area contributed by atoms with Crippen LogP contribution in [0, 0.1) is 13.8 Å². The maximum Gasteiger partial charge on any atom is 0.261 e. The van der Waals surface area contributed by atoms with Crippen LogP contribution in [0.15, 0.2) is 16.3 Å². The van der Waals surface area contributed by atoms with Crippen molar-refractivity contribution in [3.63, 3.8) is 0 Å². The Morgan fingerprint density at radius 1 is 1.45 bits per heavy atom. The van der Waals surface area contributed by atoms with Gasteiger partial charge in [-0.3, -0.25) is 9.89 Å². The number of amides is 1. The molecule has 0 fully saturated rings. The molecule has 0 spiro atoms. The number of nitrogens with one attached hydrogen (secondary N) is 2. The maximum atomic E-state index is 12.0. The Balaban J connectivity index is 1.86. The van der Waals surface area contributed by atoms with Crippen LogP contribution in [0.2, 0.25) is 0 Å². The van der Waals surface area contributed by atoms with Crippen molar-refractivity contribution in [2.75, 3.05) is 12.3 Å². The van der Waals surface area contributed by atoms with Crippen LogP contribution in [0.1, 0.15) is 33.5 Å². The summed E-state index contributed by atoms with van der Waals surface area (Å²) >= 11 is 3.32. The highest BCUT2D eigenvalue weighted by Gasteiger charge is 2.10. The van der Waals surface area contributed by atoms with E-state index in [9.17, 15) is 4.79 Å². The molecule has 0 aliphatic rings. The highest BCUT2D eigenvalue weighted by atomic mass is 32.2. The van der Waals surface area contributed by atoms with E-state index in [-0.39, 0.29) is 5.91 Å². The van der Waals surface area contributed by atoms with Gasteiger partial charge in [0, 0.05) is 12.2 Å². The second kappa shape index (κ2) is 6.95. The van der Waals surface area contributed by atoms with Gasteiger partial charge in [-0.15, -0.1) is 23.1 Å². The van der Waals surface area contributed by atoms with Gasteiger partial charge in [0.05, 0.1) is 14.8 Å². The first-order chi connectivity index (χ1) is 9.61. The number of carbonyl (C=O) groups is 1. The van der Waals surface area contributed by atoms with Gasteiger partial charge in [0.2, 0.25) is 0 Å². The van der Waals surface area contributed by atoms with E-state index in [4.69, 9.17) is 0 Å². The summed E-state index contributed by atoms with van der Waals surface area (Å²) in [6.07, 6.45) is 0.807. The first-order valence-corrected chi connectivity index (χ1v) is 8.43. The Morgan fingerprint density at radius 3 is 2.90 bits per heavy atom. The number of thiophene rings is 1. The lowest BCUT2D eigenvalue weighted by molar-refractivity contribution is 0.0958. The molecule has 0 aliphatic carbocycles. The fourth-order valence-electron chi connectivity index (χ4n) is 1.99. The molecule has 0 aromatic carbocycles. The van der Waals surface area contributed by atoms with E-state index in [1.807, 2.05) is 26.0 Å². The number of hydrogen-bond donors (Lipinski definition) is 2. The monoisotopic (exact) mass is 309 g/mol. The van der Waals surface area contributed by atoms with Crippen LogP contribution in [-0.2, 0) is 6.42 Å². The van der Waals surface area contributed by atoms with E-state index in [1.165, 1.54) is 9.77 Å². The average molecular weight is 309 g/mol. The molecule has 0 radical (unpaired) electrons. The van der Waals surface area contributed by atoms with Gasteiger partial charge in [-0.25, -0.2) is 0 Å². The molecule has 4 nitrogen and oxygen atoms in total. The molecule has 2 N–H and O–H groups in total. The Kier molecular flexibility index (Phi) is 5.25. The topological polar surface area (TPSA) is 57.8 Å². The third kappa shape index (κ3) is 3.64. The zero-order chi connectivity index (χ0) is 14.5. The van der Waals surface area contributed by atoms with E-state index < -0.39 is 0 Å². The van der Waals surface area contributed by atoms with Gasteiger partial charge in [-0.1, -0.05) is 6.92 Å². The van der Waals surface area contributed by atoms with E-state index in [0.717, 1.165) is 28.4 Å². The third-order valence-corrected chi connectivity index (χ3v) is 5.22. The van der Waals surface area contributed by atoms with Gasteiger partial charge in [0.15, 0.2) is 0 Å². The van der Waals surface area contributed by atoms with Crippen molar-refractivity contribution in [2.24, 2.45) is 0 Å². The molecule has 20 heavy (non-hydrogen) atoms. The zero-order valence-corrected chi connectivity index (χ0v) is 13.6. The van der Waals surface area contributed by atoms with Crippen LogP contribution in [0.3, 0.4) is 0 Å². The van der Waals surface area contributed by atoms with Gasteiger partial charge in [0.1, 0.15) is 0 Å². The fraction of sp³-hybridized carbons (Fsp3) is 0.429. The minimum Gasteiger partial charge on any atom is -0.351 e. The first kappa shape index (κ1) is 15.1. The Bertz CT molecular complexity index is 570. The number of thioether (sulfide) groups is 1. The number of aromatic nitrogens is 2. The largest absolute Gasteiger partial charge is 0.351 e. The predicted molar refractivity (Wildman–Crippen MR) is 84.8 cm³/mol. The fourth-order valence-corrected chi connectivity index (χ4v) is 3.95. The number of aromatic amines is 1. The Labute approximate surface area is 127 Å². The van der Waals surface area contributed by atoms with Crippen LogP contribution in [0.4, 0.5) is 0 Å². The molecule has 0 atom stereocenters. The summed E-state index contributed by atoms with van der Waals surface area (Å²) in [6.45, 7) is 6.73. The molecular weight excluding hydrogens is 290 g/mol. The molecule has 108 valence electrons. The molecular formula is C14H19N3OS2. The molecule has 0 unspecified atom stereocenters. The van der Waals surface area contributed by atoms with Crippen LogP contribution in [-0.4, -0.2) is 28.4 Å². The third-order valence-electron chi connectivity index (χ3n) is 3.03. The second-order valence-electron chi connectivity index (χ2n) is 4.47. The van der Waals surface area contributed by atoms with Gasteiger partial charge in [0.25, 0.3) is 5.91 Å². The second-order valence-corrected chi connectivity index (χ2v) is 7.12. The lowest BCUT2D eigenvalue weighted by Crippen LogP contribution is -2.25. The van der Waals surface area contributed by atoms with E-state index in [1.54, 1.807) is 23.1 Å². The highest BCUT2D eigenvalue weighted by molar-refractivity contribution is 8.01. The van der Waals surface area contributed by atoms with Crippen molar-refractivity contribution in [3.05, 3.63) is 34.0 Å². The molecule has 2 rings (SSSR count). The minimum absolute atomic E-state index is 0.0109.